The third-order valence-corrected chi connectivity index (χ3v) is 3.16. The smallest absolute Gasteiger partial charge is 0.321 e. The lowest BCUT2D eigenvalue weighted by atomic mass is 9.85. The summed E-state index contributed by atoms with van der Waals surface area (Å²) in [5.74, 6) is -1.46. The van der Waals surface area contributed by atoms with E-state index in [0.717, 1.165) is 0 Å². The number of urea groups is 1. The van der Waals surface area contributed by atoms with Crippen LogP contribution in [-0.4, -0.2) is 41.8 Å². The van der Waals surface area contributed by atoms with Crippen LogP contribution in [0.5, 0.6) is 0 Å². The van der Waals surface area contributed by atoms with Crippen LogP contribution in [0, 0.1) is 5.41 Å². The van der Waals surface area contributed by atoms with Crippen LogP contribution in [0.15, 0.2) is 0 Å². The van der Waals surface area contributed by atoms with Crippen molar-refractivity contribution in [2.24, 2.45) is 5.41 Å². The Morgan fingerprint density at radius 3 is 2.45 bits per heavy atom. The fourth-order valence-electron chi connectivity index (χ4n) is 2.15. The molecular weight excluding hydrogens is 264 g/mol. The second-order valence-electron chi connectivity index (χ2n) is 6.28. The molecule has 0 saturated carbocycles. The first kappa shape index (κ1) is 16.4. The fraction of sp³-hybridized carbons (Fsp3) is 0.769. The van der Waals surface area contributed by atoms with Crippen molar-refractivity contribution in [3.63, 3.8) is 0 Å². The molecule has 3 amide bonds. The molecule has 0 radical (unpaired) electrons. The maximum atomic E-state index is 11.7. The molecule has 1 heterocycles. The second kappa shape index (κ2) is 6.21. The first-order chi connectivity index (χ1) is 9.12. The molecule has 0 aromatic carbocycles. The number of rotatable bonds is 5. The summed E-state index contributed by atoms with van der Waals surface area (Å²) in [4.78, 5) is 34.1. The molecule has 7 heteroatoms. The summed E-state index contributed by atoms with van der Waals surface area (Å²) in [5.41, 5.74) is -1.16. The molecule has 0 bridgehead atoms. The Balaban J connectivity index is 2.41. The van der Waals surface area contributed by atoms with Gasteiger partial charge in [-0.15, -0.1) is 0 Å². The van der Waals surface area contributed by atoms with Crippen LogP contribution in [0.1, 0.15) is 40.0 Å². The Morgan fingerprint density at radius 2 is 1.95 bits per heavy atom. The number of carboxylic acids is 1. The van der Waals surface area contributed by atoms with E-state index in [4.69, 9.17) is 9.84 Å². The van der Waals surface area contributed by atoms with Crippen molar-refractivity contribution < 1.29 is 24.2 Å². The average Bonchev–Trinajstić information content (AvgIpc) is 2.60. The number of hydrogen-bond acceptors (Lipinski definition) is 4. The Bertz CT molecular complexity index is 400. The molecule has 20 heavy (non-hydrogen) atoms. The van der Waals surface area contributed by atoms with Crippen LogP contribution >= 0.6 is 0 Å². The molecule has 1 atom stereocenters. The summed E-state index contributed by atoms with van der Waals surface area (Å²) in [6.45, 7) is 6.18. The Kier molecular flexibility index (Phi) is 5.10. The molecule has 1 fully saturated rings. The van der Waals surface area contributed by atoms with Crippen LogP contribution < -0.4 is 10.6 Å². The largest absolute Gasteiger partial charge is 0.481 e. The lowest BCUT2D eigenvalue weighted by Gasteiger charge is -2.24. The van der Waals surface area contributed by atoms with E-state index in [9.17, 15) is 14.4 Å². The van der Waals surface area contributed by atoms with E-state index in [1.807, 2.05) is 6.92 Å². The highest BCUT2D eigenvalue weighted by Gasteiger charge is 2.32. The van der Waals surface area contributed by atoms with Crippen molar-refractivity contribution in [1.29, 1.82) is 0 Å². The van der Waals surface area contributed by atoms with Gasteiger partial charge in [0.25, 0.3) is 0 Å². The number of nitrogens with one attached hydrogen (secondary N) is 2. The van der Waals surface area contributed by atoms with Gasteiger partial charge < -0.3 is 15.2 Å². The first-order valence-electron chi connectivity index (χ1n) is 6.53. The monoisotopic (exact) mass is 286 g/mol. The minimum Gasteiger partial charge on any atom is -0.481 e. The molecule has 0 aromatic heterocycles. The summed E-state index contributed by atoms with van der Waals surface area (Å²) in [6.07, 6.45) is 0.534. The maximum Gasteiger partial charge on any atom is 0.321 e. The minimum absolute atomic E-state index is 0.0278. The minimum atomic E-state index is -0.970. The predicted octanol–water partition coefficient (Wildman–Crippen LogP) is 0.882. The first-order valence-corrected chi connectivity index (χ1v) is 6.53. The quantitative estimate of drug-likeness (QED) is 0.696. The molecule has 0 aliphatic carbocycles. The van der Waals surface area contributed by atoms with Gasteiger partial charge in [-0.1, -0.05) is 13.8 Å². The zero-order valence-corrected chi connectivity index (χ0v) is 12.1. The number of hydrogen-bond donors (Lipinski definition) is 3. The van der Waals surface area contributed by atoms with Gasteiger partial charge >= 0.3 is 12.0 Å². The van der Waals surface area contributed by atoms with E-state index in [0.29, 0.717) is 19.6 Å². The summed E-state index contributed by atoms with van der Waals surface area (Å²) in [5, 5.41) is 13.7. The highest BCUT2D eigenvalue weighted by molar-refractivity contribution is 5.95. The average molecular weight is 286 g/mol. The van der Waals surface area contributed by atoms with Crippen molar-refractivity contribution >= 4 is 17.9 Å². The fourth-order valence-corrected chi connectivity index (χ4v) is 2.15. The van der Waals surface area contributed by atoms with E-state index in [2.05, 4.69) is 10.6 Å². The van der Waals surface area contributed by atoms with Gasteiger partial charge in [-0.2, -0.15) is 0 Å². The van der Waals surface area contributed by atoms with Crippen molar-refractivity contribution in [2.75, 3.05) is 13.2 Å². The molecule has 7 nitrogen and oxygen atoms in total. The van der Waals surface area contributed by atoms with Gasteiger partial charge in [0.2, 0.25) is 5.91 Å². The van der Waals surface area contributed by atoms with Gasteiger partial charge in [0.05, 0.1) is 18.6 Å². The summed E-state index contributed by atoms with van der Waals surface area (Å²) < 4.78 is 5.20. The van der Waals surface area contributed by atoms with Crippen molar-refractivity contribution in [3.8, 4) is 0 Å². The van der Waals surface area contributed by atoms with Crippen LogP contribution in [0.25, 0.3) is 0 Å². The molecule has 0 spiro atoms. The molecular formula is C13H22N2O5. The number of imide groups is 1. The Hall–Kier alpha value is -1.63. The van der Waals surface area contributed by atoms with E-state index < -0.39 is 28.9 Å². The molecule has 1 aliphatic heterocycles. The van der Waals surface area contributed by atoms with Crippen LogP contribution in [0.4, 0.5) is 4.79 Å². The van der Waals surface area contributed by atoms with Gasteiger partial charge in [0.1, 0.15) is 0 Å². The van der Waals surface area contributed by atoms with E-state index in [1.165, 1.54) is 0 Å². The zero-order chi connectivity index (χ0) is 15.4. The van der Waals surface area contributed by atoms with Gasteiger partial charge in [-0.25, -0.2) is 4.79 Å². The van der Waals surface area contributed by atoms with Crippen LogP contribution in [-0.2, 0) is 14.3 Å². The van der Waals surface area contributed by atoms with Crippen molar-refractivity contribution in [2.45, 2.75) is 45.6 Å². The number of carbonyl (C=O) groups excluding carboxylic acids is 2. The van der Waals surface area contributed by atoms with Gasteiger partial charge in [-0.05, 0) is 18.8 Å². The van der Waals surface area contributed by atoms with E-state index in [1.54, 1.807) is 13.8 Å². The lowest BCUT2D eigenvalue weighted by molar-refractivity contribution is -0.139. The summed E-state index contributed by atoms with van der Waals surface area (Å²) in [6, 6.07) is -0.575. The molecule has 3 N–H and O–H groups in total. The topological polar surface area (TPSA) is 105 Å². The van der Waals surface area contributed by atoms with Crippen LogP contribution in [0.3, 0.4) is 0 Å². The van der Waals surface area contributed by atoms with Crippen molar-refractivity contribution in [1.82, 2.24) is 10.6 Å². The van der Waals surface area contributed by atoms with Gasteiger partial charge in [0, 0.05) is 13.0 Å². The molecule has 0 aromatic rings. The molecule has 1 saturated heterocycles. The van der Waals surface area contributed by atoms with Gasteiger partial charge in [0.15, 0.2) is 0 Å². The normalized spacial score (nSPS) is 22.4. The third kappa shape index (κ3) is 5.56. The predicted molar refractivity (Wildman–Crippen MR) is 71.2 cm³/mol. The van der Waals surface area contributed by atoms with E-state index in [-0.39, 0.29) is 12.8 Å². The van der Waals surface area contributed by atoms with Crippen LogP contribution in [0.2, 0.25) is 0 Å². The lowest BCUT2D eigenvalue weighted by Crippen LogP contribution is -2.52. The Labute approximate surface area is 118 Å². The molecule has 1 unspecified atom stereocenters. The van der Waals surface area contributed by atoms with Gasteiger partial charge in [-0.3, -0.25) is 14.9 Å². The maximum absolute atomic E-state index is 11.7. The molecule has 114 valence electrons. The zero-order valence-electron chi connectivity index (χ0n) is 12.1. The highest BCUT2D eigenvalue weighted by atomic mass is 16.5. The summed E-state index contributed by atoms with van der Waals surface area (Å²) in [7, 11) is 0. The highest BCUT2D eigenvalue weighted by Crippen LogP contribution is 2.24. The number of ether oxygens (including phenoxy) is 1. The second-order valence-corrected chi connectivity index (χ2v) is 6.28. The third-order valence-electron chi connectivity index (χ3n) is 3.16. The van der Waals surface area contributed by atoms with Crippen molar-refractivity contribution in [3.05, 3.63) is 0 Å². The molecule has 1 aliphatic rings. The number of carboxylic acid groups (broad SMARTS) is 1. The summed E-state index contributed by atoms with van der Waals surface area (Å²) >= 11 is 0. The molecule has 1 rings (SSSR count). The number of aliphatic carboxylic acids is 1. The number of carbonyl (C=O) groups is 3. The Morgan fingerprint density at radius 1 is 1.30 bits per heavy atom. The standard InChI is InChI=1S/C13H22N2O5/c1-12(2,7-10(17)18)6-9(16)14-11(19)15-13(3)4-5-20-8-13/h4-8H2,1-3H3,(H,17,18)(H2,14,15,16,19). The SMILES string of the molecule is CC(C)(CC(=O)O)CC(=O)NC(=O)NC1(C)CCOC1. The van der Waals surface area contributed by atoms with E-state index >= 15 is 0 Å². The number of amides is 3.